The number of nitrogens with one attached hydrogen (secondary N) is 1. The van der Waals surface area contributed by atoms with E-state index in [4.69, 9.17) is 16.6 Å². The highest BCUT2D eigenvalue weighted by Crippen LogP contribution is 2.41. The summed E-state index contributed by atoms with van der Waals surface area (Å²) in [5.41, 5.74) is 7.01. The molecule has 67 heavy (non-hydrogen) atoms. The number of phenols is 2. The molecular formula is C51H59ClN10O4S. The number of benzene rings is 3. The number of phenolic OH excluding ortho intramolecular Hbond substituents is 2. The van der Waals surface area contributed by atoms with Gasteiger partial charge in [-0.1, -0.05) is 49.7 Å². The molecule has 6 heterocycles. The van der Waals surface area contributed by atoms with Gasteiger partial charge < -0.3 is 25.3 Å². The second-order valence-corrected chi connectivity index (χ2v) is 20.3. The van der Waals surface area contributed by atoms with Crippen LogP contribution in [0.25, 0.3) is 22.1 Å². The Labute approximate surface area is 400 Å². The molecule has 350 valence electrons. The van der Waals surface area contributed by atoms with Crippen LogP contribution in [0.4, 0.5) is 0 Å². The quantitative estimate of drug-likeness (QED) is 0.109. The van der Waals surface area contributed by atoms with E-state index < -0.39 is 6.04 Å². The van der Waals surface area contributed by atoms with Crippen LogP contribution in [-0.4, -0.2) is 106 Å². The standard InChI is InChI=1S/C51H59ClN10O4S/c1-7-53-50(66)49-58-56-47(40-25-39(29(2)3)42(63)27-43(40)64)62(49)38-14-8-33(9-15-38)24-34-16-20-59(21-17-34)28-35-18-22-60(23-19-35)44(65)26-41-48-57-55-32(6)61(48)51-45(30(4)31(5)67-51)46(54-41)36-10-12-37(52)13-11-36/h8-15,25,27,29,34-35,41,63-64H,7,16-24,26,28H2,1-6H3,(H,53,66)/t41-/m0/s1. The lowest BCUT2D eigenvalue weighted by Crippen LogP contribution is -2.43. The molecule has 3 aromatic heterocycles. The number of carbonyl (C=O) groups excluding carboxylic acids is 2. The minimum Gasteiger partial charge on any atom is -0.508 e. The molecule has 0 spiro atoms. The number of aromatic nitrogens is 6. The highest BCUT2D eigenvalue weighted by Gasteiger charge is 2.35. The number of nitrogens with zero attached hydrogens (tertiary/aromatic N) is 9. The van der Waals surface area contributed by atoms with E-state index in [2.05, 4.69) is 61.2 Å². The van der Waals surface area contributed by atoms with E-state index in [-0.39, 0.29) is 41.5 Å². The fourth-order valence-electron chi connectivity index (χ4n) is 9.97. The van der Waals surface area contributed by atoms with E-state index in [0.29, 0.717) is 51.9 Å². The number of aryl methyl sites for hydroxylation is 2. The molecule has 2 amide bonds. The van der Waals surface area contributed by atoms with Gasteiger partial charge in [-0.05, 0) is 138 Å². The minimum atomic E-state index is -0.477. The number of aliphatic imine (C=N–C) groups is 1. The highest BCUT2D eigenvalue weighted by molar-refractivity contribution is 7.15. The second kappa shape index (κ2) is 19.4. The smallest absolute Gasteiger partial charge is 0.289 e. The molecule has 2 saturated heterocycles. The molecular weight excluding hydrogens is 884 g/mol. The molecule has 0 bridgehead atoms. The van der Waals surface area contributed by atoms with Crippen LogP contribution in [0.3, 0.4) is 0 Å². The SMILES string of the molecule is CCNC(=O)c1nnc(-c2cc(C(C)C)c(O)cc2O)n1-c1ccc(CC2CCN(CC3CCN(C(=O)C[C@@H]4N=C(c5ccc(Cl)cc5)c5c(sc(C)c5C)-n5c(C)nnc54)CC3)CC2)cc1. The van der Waals surface area contributed by atoms with Crippen LogP contribution in [0.2, 0.25) is 5.02 Å². The average Bonchev–Trinajstić information content (AvgIpc) is 3.98. The third kappa shape index (κ3) is 9.38. The summed E-state index contributed by atoms with van der Waals surface area (Å²) in [6, 6.07) is 18.5. The van der Waals surface area contributed by atoms with Crippen LogP contribution in [0.5, 0.6) is 11.5 Å². The van der Waals surface area contributed by atoms with Crippen molar-refractivity contribution in [2.45, 2.75) is 92.0 Å². The van der Waals surface area contributed by atoms with Gasteiger partial charge in [-0.15, -0.1) is 31.7 Å². The van der Waals surface area contributed by atoms with Crippen LogP contribution in [-0.2, 0) is 11.2 Å². The number of hydrogen-bond donors (Lipinski definition) is 3. The van der Waals surface area contributed by atoms with Gasteiger partial charge in [-0.2, -0.15) is 0 Å². The zero-order chi connectivity index (χ0) is 47.1. The molecule has 1 atom stereocenters. The first-order chi connectivity index (χ1) is 32.3. The predicted molar refractivity (Wildman–Crippen MR) is 262 cm³/mol. The monoisotopic (exact) mass is 942 g/mol. The van der Waals surface area contributed by atoms with Crippen molar-refractivity contribution in [3.8, 4) is 33.6 Å². The highest BCUT2D eigenvalue weighted by atomic mass is 35.5. The van der Waals surface area contributed by atoms with E-state index >= 15 is 0 Å². The summed E-state index contributed by atoms with van der Waals surface area (Å²) in [6.45, 7) is 17.1. The van der Waals surface area contributed by atoms with Crippen molar-refractivity contribution in [3.63, 3.8) is 0 Å². The first kappa shape index (κ1) is 46.2. The molecule has 16 heteroatoms. The first-order valence-electron chi connectivity index (χ1n) is 23.5. The van der Waals surface area contributed by atoms with E-state index in [0.717, 1.165) is 92.5 Å². The summed E-state index contributed by atoms with van der Waals surface area (Å²) in [4.78, 5) is 38.4. The Morgan fingerprint density at radius 1 is 0.851 bits per heavy atom. The number of likely N-dealkylation sites (tertiary alicyclic amines) is 2. The molecule has 3 aromatic carbocycles. The Kier molecular flexibility index (Phi) is 13.4. The van der Waals surface area contributed by atoms with E-state index in [1.54, 1.807) is 22.0 Å². The van der Waals surface area contributed by atoms with Crippen molar-refractivity contribution >= 4 is 40.5 Å². The summed E-state index contributed by atoms with van der Waals surface area (Å²) in [5.74, 6) is 2.61. The zero-order valence-electron chi connectivity index (χ0n) is 39.1. The molecule has 14 nitrogen and oxygen atoms in total. The van der Waals surface area contributed by atoms with Gasteiger partial charge in [0.1, 0.15) is 28.4 Å². The molecule has 0 unspecified atom stereocenters. The van der Waals surface area contributed by atoms with Crippen molar-refractivity contribution in [1.29, 1.82) is 0 Å². The van der Waals surface area contributed by atoms with Gasteiger partial charge in [0.15, 0.2) is 11.6 Å². The van der Waals surface area contributed by atoms with E-state index in [9.17, 15) is 19.8 Å². The molecule has 3 aliphatic heterocycles. The number of thiophene rings is 1. The van der Waals surface area contributed by atoms with Crippen LogP contribution in [0.1, 0.15) is 120 Å². The van der Waals surface area contributed by atoms with Crippen molar-refractivity contribution in [2.24, 2.45) is 16.8 Å². The van der Waals surface area contributed by atoms with Crippen LogP contribution < -0.4 is 5.32 Å². The van der Waals surface area contributed by atoms with Crippen LogP contribution in [0, 0.1) is 32.6 Å². The Morgan fingerprint density at radius 3 is 2.24 bits per heavy atom. The minimum absolute atomic E-state index is 0.00312. The maximum absolute atomic E-state index is 14.1. The summed E-state index contributed by atoms with van der Waals surface area (Å²) in [6.07, 6.45) is 5.38. The molecule has 3 aliphatic rings. The number of fused-ring (bicyclic) bond motifs is 3. The fraction of sp³-hybridized carbons (Fsp3) is 0.431. The number of halogens is 1. The zero-order valence-corrected chi connectivity index (χ0v) is 40.7. The van der Waals surface area contributed by atoms with Crippen LogP contribution >= 0.6 is 22.9 Å². The number of amides is 2. The topological polar surface area (TPSA) is 167 Å². The summed E-state index contributed by atoms with van der Waals surface area (Å²) in [7, 11) is 0. The number of aromatic hydroxyl groups is 2. The van der Waals surface area contributed by atoms with Gasteiger partial charge in [0, 0.05) is 59.0 Å². The Morgan fingerprint density at radius 2 is 1.55 bits per heavy atom. The lowest BCUT2D eigenvalue weighted by Gasteiger charge is -2.38. The van der Waals surface area contributed by atoms with Gasteiger partial charge in [-0.3, -0.25) is 23.7 Å². The number of carbonyl (C=O) groups is 2. The third-order valence-corrected chi connectivity index (χ3v) is 15.3. The summed E-state index contributed by atoms with van der Waals surface area (Å²) in [5, 5.41) is 43.7. The Hall–Kier alpha value is -5.90. The maximum atomic E-state index is 14.1. The van der Waals surface area contributed by atoms with Crippen molar-refractivity contribution in [1.82, 2.24) is 44.6 Å². The van der Waals surface area contributed by atoms with Gasteiger partial charge >= 0.3 is 0 Å². The van der Waals surface area contributed by atoms with Crippen LogP contribution in [0.15, 0.2) is 65.7 Å². The number of rotatable bonds is 12. The Bertz CT molecular complexity index is 2810. The normalized spacial score (nSPS) is 17.0. The molecule has 3 N–H and O–H groups in total. The maximum Gasteiger partial charge on any atom is 0.289 e. The van der Waals surface area contributed by atoms with Gasteiger partial charge in [0.25, 0.3) is 5.91 Å². The van der Waals surface area contributed by atoms with Crippen molar-refractivity contribution in [3.05, 3.63) is 116 Å². The van der Waals surface area contributed by atoms with Gasteiger partial charge in [-0.25, -0.2) is 0 Å². The van der Waals surface area contributed by atoms with E-state index in [1.165, 1.54) is 22.1 Å². The van der Waals surface area contributed by atoms with Gasteiger partial charge in [0.05, 0.1) is 17.7 Å². The molecule has 0 radical (unpaired) electrons. The summed E-state index contributed by atoms with van der Waals surface area (Å²) >= 11 is 8.02. The molecule has 0 saturated carbocycles. The van der Waals surface area contributed by atoms with Crippen molar-refractivity contribution < 1.29 is 19.8 Å². The number of hydrogen-bond acceptors (Lipinski definition) is 11. The Balaban J connectivity index is 0.804. The van der Waals surface area contributed by atoms with Gasteiger partial charge in [0.2, 0.25) is 11.7 Å². The average molecular weight is 944 g/mol. The predicted octanol–water partition coefficient (Wildman–Crippen LogP) is 8.91. The molecule has 6 aromatic rings. The largest absolute Gasteiger partial charge is 0.508 e. The molecule has 2 fully saturated rings. The summed E-state index contributed by atoms with van der Waals surface area (Å²) < 4.78 is 3.78. The van der Waals surface area contributed by atoms with Crippen molar-refractivity contribution in [2.75, 3.05) is 39.3 Å². The van der Waals surface area contributed by atoms with E-state index in [1.807, 2.05) is 69.0 Å². The molecule has 0 aliphatic carbocycles. The molecule has 9 rings (SSSR count). The first-order valence-corrected chi connectivity index (χ1v) is 24.7. The third-order valence-electron chi connectivity index (χ3n) is 13.8. The lowest BCUT2D eigenvalue weighted by atomic mass is 9.89. The fourth-order valence-corrected chi connectivity index (χ4v) is 11.3. The lowest BCUT2D eigenvalue weighted by molar-refractivity contribution is -0.133. The number of piperidine rings is 2. The second-order valence-electron chi connectivity index (χ2n) is 18.7.